The summed E-state index contributed by atoms with van der Waals surface area (Å²) in [5.74, 6) is 0.747. The maximum absolute atomic E-state index is 5.94. The van der Waals surface area contributed by atoms with Gasteiger partial charge in [-0.25, -0.2) is 4.68 Å². The smallest absolute Gasteiger partial charge is 0.157 e. The van der Waals surface area contributed by atoms with E-state index >= 15 is 0 Å². The predicted octanol–water partition coefficient (Wildman–Crippen LogP) is 2.51. The normalized spacial score (nSPS) is 12.4. The number of likely N-dealkylation sites (N-methyl/N-ethyl adjacent to an activating group) is 1. The lowest BCUT2D eigenvalue weighted by molar-refractivity contribution is 0.280. The summed E-state index contributed by atoms with van der Waals surface area (Å²) in [7, 11) is 1.91. The number of aromatic nitrogens is 2. The third-order valence-electron chi connectivity index (χ3n) is 2.62. The van der Waals surface area contributed by atoms with Crippen LogP contribution >= 0.6 is 11.6 Å². The molecule has 0 radical (unpaired) electrons. The molecule has 2 rings (SSSR count). The molecule has 2 aromatic rings. The van der Waals surface area contributed by atoms with Gasteiger partial charge < -0.3 is 10.1 Å². The Bertz CT molecular complexity index is 512. The number of hydrogen-bond acceptors (Lipinski definition) is 3. The molecule has 0 aliphatic rings. The van der Waals surface area contributed by atoms with Gasteiger partial charge >= 0.3 is 0 Å². The number of benzene rings is 1. The van der Waals surface area contributed by atoms with Crippen molar-refractivity contribution in [1.29, 1.82) is 0 Å². The van der Waals surface area contributed by atoms with Gasteiger partial charge in [-0.15, -0.1) is 0 Å². The number of ether oxygens (including phenoxy) is 1. The van der Waals surface area contributed by atoms with Gasteiger partial charge in [0.25, 0.3) is 0 Å². The first-order valence-electron chi connectivity index (χ1n) is 5.79. The van der Waals surface area contributed by atoms with Crippen LogP contribution in [0.5, 0.6) is 5.75 Å². The summed E-state index contributed by atoms with van der Waals surface area (Å²) in [4.78, 5) is 0. The summed E-state index contributed by atoms with van der Waals surface area (Å²) in [6.07, 6.45) is 3.54. The maximum Gasteiger partial charge on any atom is 0.157 e. The molecule has 0 aliphatic heterocycles. The Kier molecular flexibility index (Phi) is 4.23. The largest absolute Gasteiger partial charge is 0.489 e. The first-order chi connectivity index (χ1) is 8.69. The number of nitrogens with one attached hydrogen (secondary N) is 1. The van der Waals surface area contributed by atoms with Crippen LogP contribution in [0, 0.1) is 0 Å². The van der Waals surface area contributed by atoms with E-state index in [0.717, 1.165) is 11.4 Å². The van der Waals surface area contributed by atoms with Crippen LogP contribution < -0.4 is 10.1 Å². The van der Waals surface area contributed by atoms with Gasteiger partial charge in [0.15, 0.2) is 5.75 Å². The quantitative estimate of drug-likeness (QED) is 0.903. The summed E-state index contributed by atoms with van der Waals surface area (Å²) in [6.45, 7) is 2.67. The predicted molar refractivity (Wildman–Crippen MR) is 72.6 cm³/mol. The van der Waals surface area contributed by atoms with Crippen molar-refractivity contribution >= 4 is 11.6 Å². The topological polar surface area (TPSA) is 39.1 Å². The van der Waals surface area contributed by atoms with E-state index < -0.39 is 0 Å². The summed E-state index contributed by atoms with van der Waals surface area (Å²) in [6, 6.07) is 7.83. The van der Waals surface area contributed by atoms with Crippen molar-refractivity contribution in [3.05, 3.63) is 41.7 Å². The molecule has 1 heterocycles. The van der Waals surface area contributed by atoms with Crippen molar-refractivity contribution in [1.82, 2.24) is 15.1 Å². The standard InChI is InChI=1S/C13H16ClN3O/c1-10(15-2)9-18-13-7-16-17(8-13)12-5-3-4-11(14)6-12/h3-8,10,15H,9H2,1-2H3. The van der Waals surface area contributed by atoms with E-state index in [2.05, 4.69) is 17.3 Å². The zero-order chi connectivity index (χ0) is 13.0. The van der Waals surface area contributed by atoms with Gasteiger partial charge in [0.1, 0.15) is 6.61 Å². The lowest BCUT2D eigenvalue weighted by Crippen LogP contribution is -2.28. The SMILES string of the molecule is CNC(C)COc1cnn(-c2cccc(Cl)c2)c1. The molecule has 0 aliphatic carbocycles. The summed E-state index contributed by atoms with van der Waals surface area (Å²) in [5.41, 5.74) is 0.916. The van der Waals surface area contributed by atoms with Crippen molar-refractivity contribution in [3.8, 4) is 11.4 Å². The van der Waals surface area contributed by atoms with Crippen LogP contribution in [-0.2, 0) is 0 Å². The van der Waals surface area contributed by atoms with Gasteiger partial charge in [-0.05, 0) is 32.2 Å². The highest BCUT2D eigenvalue weighted by atomic mass is 35.5. The van der Waals surface area contributed by atoms with Crippen LogP contribution in [0.4, 0.5) is 0 Å². The van der Waals surface area contributed by atoms with E-state index in [0.29, 0.717) is 17.7 Å². The minimum Gasteiger partial charge on any atom is -0.489 e. The molecule has 0 amide bonds. The molecule has 1 N–H and O–H groups in total. The molecule has 5 heteroatoms. The minimum absolute atomic E-state index is 0.305. The molecule has 18 heavy (non-hydrogen) atoms. The monoisotopic (exact) mass is 265 g/mol. The number of rotatable bonds is 5. The molecule has 96 valence electrons. The zero-order valence-corrected chi connectivity index (χ0v) is 11.2. The Hall–Kier alpha value is -1.52. The number of halogens is 1. The summed E-state index contributed by atoms with van der Waals surface area (Å²) in [5, 5.41) is 8.04. The molecule has 0 saturated heterocycles. The molecule has 4 nitrogen and oxygen atoms in total. The highest BCUT2D eigenvalue weighted by Gasteiger charge is 2.04. The van der Waals surface area contributed by atoms with E-state index in [1.54, 1.807) is 10.9 Å². The molecule has 1 atom stereocenters. The van der Waals surface area contributed by atoms with Gasteiger partial charge in [0.05, 0.1) is 18.1 Å². The fraction of sp³-hybridized carbons (Fsp3) is 0.308. The number of nitrogens with zero attached hydrogens (tertiary/aromatic N) is 2. The first kappa shape index (κ1) is 12.9. The van der Waals surface area contributed by atoms with E-state index in [1.165, 1.54) is 0 Å². The Labute approximate surface area is 112 Å². The lowest BCUT2D eigenvalue weighted by Gasteiger charge is -2.09. The van der Waals surface area contributed by atoms with Gasteiger partial charge in [0, 0.05) is 11.1 Å². The fourth-order valence-corrected chi connectivity index (χ4v) is 1.63. The molecule has 1 aromatic carbocycles. The van der Waals surface area contributed by atoms with Crippen LogP contribution in [0.1, 0.15) is 6.92 Å². The third kappa shape index (κ3) is 3.24. The molecule has 0 bridgehead atoms. The molecular weight excluding hydrogens is 250 g/mol. The Morgan fingerprint density at radius 2 is 2.33 bits per heavy atom. The number of hydrogen-bond donors (Lipinski definition) is 1. The maximum atomic E-state index is 5.94. The summed E-state index contributed by atoms with van der Waals surface area (Å²) < 4.78 is 7.35. The second-order valence-corrected chi connectivity index (χ2v) is 4.54. The van der Waals surface area contributed by atoms with Crippen LogP contribution in [0.15, 0.2) is 36.7 Å². The second-order valence-electron chi connectivity index (χ2n) is 4.10. The molecule has 0 spiro atoms. The summed E-state index contributed by atoms with van der Waals surface area (Å²) >= 11 is 5.94. The van der Waals surface area contributed by atoms with Crippen molar-refractivity contribution < 1.29 is 4.74 Å². The third-order valence-corrected chi connectivity index (χ3v) is 2.86. The van der Waals surface area contributed by atoms with Crippen molar-refractivity contribution in [3.63, 3.8) is 0 Å². The molecule has 1 unspecified atom stereocenters. The van der Waals surface area contributed by atoms with Crippen molar-refractivity contribution in [2.45, 2.75) is 13.0 Å². The zero-order valence-electron chi connectivity index (χ0n) is 10.4. The van der Waals surface area contributed by atoms with Gasteiger partial charge in [-0.3, -0.25) is 0 Å². The average Bonchev–Trinajstić information content (AvgIpc) is 2.84. The van der Waals surface area contributed by atoms with E-state index in [-0.39, 0.29) is 0 Å². The van der Waals surface area contributed by atoms with Crippen LogP contribution in [0.2, 0.25) is 5.02 Å². The lowest BCUT2D eigenvalue weighted by atomic mass is 10.3. The Morgan fingerprint density at radius 1 is 1.50 bits per heavy atom. The van der Waals surface area contributed by atoms with Crippen LogP contribution in [0.3, 0.4) is 0 Å². The molecule has 1 aromatic heterocycles. The van der Waals surface area contributed by atoms with E-state index in [4.69, 9.17) is 16.3 Å². The van der Waals surface area contributed by atoms with Crippen LogP contribution in [-0.4, -0.2) is 29.5 Å². The highest BCUT2D eigenvalue weighted by molar-refractivity contribution is 6.30. The average molecular weight is 266 g/mol. The molecule has 0 fully saturated rings. The minimum atomic E-state index is 0.305. The van der Waals surface area contributed by atoms with Gasteiger partial charge in [0.2, 0.25) is 0 Å². The van der Waals surface area contributed by atoms with Gasteiger partial charge in [-0.1, -0.05) is 17.7 Å². The van der Waals surface area contributed by atoms with Crippen LogP contribution in [0.25, 0.3) is 5.69 Å². The van der Waals surface area contributed by atoms with Crippen molar-refractivity contribution in [2.24, 2.45) is 0 Å². The van der Waals surface area contributed by atoms with Gasteiger partial charge in [-0.2, -0.15) is 5.10 Å². The Morgan fingerprint density at radius 3 is 3.06 bits per heavy atom. The Balaban J connectivity index is 2.06. The van der Waals surface area contributed by atoms with Crippen molar-refractivity contribution in [2.75, 3.05) is 13.7 Å². The molecule has 0 saturated carbocycles. The van der Waals surface area contributed by atoms with E-state index in [9.17, 15) is 0 Å². The second kappa shape index (κ2) is 5.89. The fourth-order valence-electron chi connectivity index (χ4n) is 1.45. The highest BCUT2D eigenvalue weighted by Crippen LogP contribution is 2.17. The molecular formula is C13H16ClN3O. The first-order valence-corrected chi connectivity index (χ1v) is 6.17. The van der Waals surface area contributed by atoms with E-state index in [1.807, 2.05) is 37.5 Å².